The van der Waals surface area contributed by atoms with Gasteiger partial charge in [0, 0.05) is 33.5 Å². The molecule has 0 rings (SSSR count). The molecule has 0 fully saturated rings. The highest BCUT2D eigenvalue weighted by Gasteiger charge is 2.12. The number of carbonyl (C=O) groups is 2. The van der Waals surface area contributed by atoms with Gasteiger partial charge in [-0.1, -0.05) is 6.92 Å². The summed E-state index contributed by atoms with van der Waals surface area (Å²) in [4.78, 5) is 22.2. The highest BCUT2D eigenvalue weighted by Crippen LogP contribution is 2.11. The van der Waals surface area contributed by atoms with Gasteiger partial charge in [0.15, 0.2) is 0 Å². The molecule has 0 amide bonds. The highest BCUT2D eigenvalue weighted by atomic mass is 16.5. The molecule has 0 aliphatic heterocycles. The van der Waals surface area contributed by atoms with E-state index in [9.17, 15) is 9.59 Å². The first-order valence-corrected chi connectivity index (χ1v) is 6.91. The first-order valence-electron chi connectivity index (χ1n) is 6.91. The summed E-state index contributed by atoms with van der Waals surface area (Å²) in [5, 5.41) is 0. The van der Waals surface area contributed by atoms with E-state index < -0.39 is 0 Å². The minimum absolute atomic E-state index is 0.121. The molecule has 112 valence electrons. The molecule has 0 radical (unpaired) electrons. The molecular weight excluding hydrogens is 248 g/mol. The zero-order valence-corrected chi connectivity index (χ0v) is 12.3. The number of methoxy groups -OCH3 is 1. The van der Waals surface area contributed by atoms with Gasteiger partial charge < -0.3 is 14.2 Å². The van der Waals surface area contributed by atoms with Crippen molar-refractivity contribution in [3.63, 3.8) is 0 Å². The van der Waals surface area contributed by atoms with Crippen molar-refractivity contribution in [3.05, 3.63) is 0 Å². The molecule has 0 heterocycles. The smallest absolute Gasteiger partial charge is 0.305 e. The predicted octanol–water partition coefficient (Wildman–Crippen LogP) is 2.47. The maximum absolute atomic E-state index is 11.3. The van der Waals surface area contributed by atoms with E-state index in [1.54, 1.807) is 7.11 Å². The predicted molar refractivity (Wildman–Crippen MR) is 71.8 cm³/mol. The van der Waals surface area contributed by atoms with E-state index in [4.69, 9.17) is 14.2 Å². The fourth-order valence-corrected chi connectivity index (χ4v) is 1.68. The van der Waals surface area contributed by atoms with Gasteiger partial charge in [0.25, 0.3) is 0 Å². The molecule has 0 aromatic rings. The number of ether oxygens (including phenoxy) is 3. The Labute approximate surface area is 115 Å². The third-order valence-electron chi connectivity index (χ3n) is 2.60. The van der Waals surface area contributed by atoms with Crippen molar-refractivity contribution in [2.75, 3.05) is 20.3 Å². The molecule has 0 saturated heterocycles. The van der Waals surface area contributed by atoms with E-state index >= 15 is 0 Å². The van der Waals surface area contributed by atoms with Gasteiger partial charge in [-0.25, -0.2) is 0 Å². The number of unbranched alkanes of at least 4 members (excludes halogenated alkanes) is 1. The Morgan fingerprint density at radius 3 is 2.42 bits per heavy atom. The maximum Gasteiger partial charge on any atom is 0.305 e. The van der Waals surface area contributed by atoms with Crippen molar-refractivity contribution in [3.8, 4) is 0 Å². The summed E-state index contributed by atoms with van der Waals surface area (Å²) in [5.41, 5.74) is 0. The fraction of sp³-hybridized carbons (Fsp3) is 0.857. The summed E-state index contributed by atoms with van der Waals surface area (Å²) in [6, 6.07) is 0. The molecule has 0 bridgehead atoms. The molecular formula is C14H26O5. The molecule has 5 heteroatoms. The van der Waals surface area contributed by atoms with Crippen LogP contribution < -0.4 is 0 Å². The van der Waals surface area contributed by atoms with E-state index in [-0.39, 0.29) is 18.0 Å². The van der Waals surface area contributed by atoms with Crippen LogP contribution in [0.4, 0.5) is 0 Å². The minimum Gasteiger partial charge on any atom is -0.466 e. The van der Waals surface area contributed by atoms with Crippen LogP contribution >= 0.6 is 0 Å². The van der Waals surface area contributed by atoms with Crippen LogP contribution in [0.25, 0.3) is 0 Å². The van der Waals surface area contributed by atoms with Crippen LogP contribution in [-0.4, -0.2) is 38.4 Å². The molecule has 1 atom stereocenters. The second kappa shape index (κ2) is 12.0. The Bertz CT molecular complexity index is 252. The second-order valence-electron chi connectivity index (χ2n) is 4.48. The van der Waals surface area contributed by atoms with Crippen molar-refractivity contribution >= 4 is 11.9 Å². The first-order chi connectivity index (χ1) is 9.10. The van der Waals surface area contributed by atoms with Gasteiger partial charge in [-0.15, -0.1) is 0 Å². The normalized spacial score (nSPS) is 11.9. The summed E-state index contributed by atoms with van der Waals surface area (Å²) in [6.07, 6.45) is 4.19. The standard InChI is InChI=1S/C14H26O5/c1-4-10-18-14(16)8-6-5-7-13(9-11-17-3)19-12(2)15/h13H,4-11H2,1-3H3/t13-/m1/s1. The van der Waals surface area contributed by atoms with Gasteiger partial charge >= 0.3 is 11.9 Å². The summed E-state index contributed by atoms with van der Waals surface area (Å²) in [6.45, 7) is 4.42. The second-order valence-corrected chi connectivity index (χ2v) is 4.48. The number of hydrogen-bond acceptors (Lipinski definition) is 5. The van der Waals surface area contributed by atoms with Crippen molar-refractivity contribution in [2.45, 2.75) is 58.5 Å². The van der Waals surface area contributed by atoms with Crippen LogP contribution in [0.3, 0.4) is 0 Å². The lowest BCUT2D eigenvalue weighted by atomic mass is 10.1. The van der Waals surface area contributed by atoms with Gasteiger partial charge in [0.1, 0.15) is 6.10 Å². The third kappa shape index (κ3) is 11.7. The summed E-state index contributed by atoms with van der Waals surface area (Å²) >= 11 is 0. The molecule has 0 spiro atoms. The van der Waals surface area contributed by atoms with E-state index in [0.29, 0.717) is 26.1 Å². The monoisotopic (exact) mass is 274 g/mol. The highest BCUT2D eigenvalue weighted by molar-refractivity contribution is 5.69. The minimum atomic E-state index is -0.275. The van der Waals surface area contributed by atoms with Gasteiger partial charge in [-0.05, 0) is 25.7 Å². The average Bonchev–Trinajstić information content (AvgIpc) is 2.37. The van der Waals surface area contributed by atoms with Gasteiger partial charge in [0.05, 0.1) is 6.61 Å². The zero-order valence-electron chi connectivity index (χ0n) is 12.3. The summed E-state index contributed by atoms with van der Waals surface area (Å²) in [7, 11) is 1.62. The Morgan fingerprint density at radius 2 is 1.84 bits per heavy atom. The Balaban J connectivity index is 3.72. The molecule has 0 aromatic carbocycles. The largest absolute Gasteiger partial charge is 0.466 e. The quantitative estimate of drug-likeness (QED) is 0.428. The lowest BCUT2D eigenvalue weighted by Gasteiger charge is -2.16. The Morgan fingerprint density at radius 1 is 1.11 bits per heavy atom. The lowest BCUT2D eigenvalue weighted by molar-refractivity contribution is -0.148. The molecule has 0 unspecified atom stereocenters. The van der Waals surface area contributed by atoms with Crippen LogP contribution in [0.5, 0.6) is 0 Å². The molecule has 0 N–H and O–H groups in total. The van der Waals surface area contributed by atoms with E-state index in [1.807, 2.05) is 6.92 Å². The molecule has 0 aliphatic carbocycles. The average molecular weight is 274 g/mol. The fourth-order valence-electron chi connectivity index (χ4n) is 1.68. The number of carbonyl (C=O) groups excluding carboxylic acids is 2. The molecule has 0 saturated carbocycles. The lowest BCUT2D eigenvalue weighted by Crippen LogP contribution is -2.18. The molecule has 19 heavy (non-hydrogen) atoms. The SMILES string of the molecule is CCCOC(=O)CCCC[C@H](CCOC)OC(C)=O. The van der Waals surface area contributed by atoms with Gasteiger partial charge in [0.2, 0.25) is 0 Å². The first kappa shape index (κ1) is 17.9. The van der Waals surface area contributed by atoms with Crippen molar-refractivity contribution < 1.29 is 23.8 Å². The summed E-state index contributed by atoms with van der Waals surface area (Å²) in [5.74, 6) is -0.425. The van der Waals surface area contributed by atoms with Crippen LogP contribution in [-0.2, 0) is 23.8 Å². The van der Waals surface area contributed by atoms with Crippen molar-refractivity contribution in [2.24, 2.45) is 0 Å². The molecule has 5 nitrogen and oxygen atoms in total. The van der Waals surface area contributed by atoms with Crippen LogP contribution in [0.15, 0.2) is 0 Å². The Hall–Kier alpha value is -1.10. The van der Waals surface area contributed by atoms with E-state index in [2.05, 4.69) is 0 Å². The molecule has 0 aliphatic rings. The van der Waals surface area contributed by atoms with E-state index in [0.717, 1.165) is 25.7 Å². The zero-order chi connectivity index (χ0) is 14.5. The topological polar surface area (TPSA) is 61.8 Å². The number of rotatable bonds is 11. The Kier molecular flexibility index (Phi) is 11.3. The van der Waals surface area contributed by atoms with Crippen LogP contribution in [0.1, 0.15) is 52.4 Å². The van der Waals surface area contributed by atoms with Crippen molar-refractivity contribution in [1.82, 2.24) is 0 Å². The third-order valence-corrected chi connectivity index (χ3v) is 2.60. The number of esters is 2. The maximum atomic E-state index is 11.3. The van der Waals surface area contributed by atoms with Crippen molar-refractivity contribution in [1.29, 1.82) is 0 Å². The summed E-state index contributed by atoms with van der Waals surface area (Å²) < 4.78 is 15.1. The van der Waals surface area contributed by atoms with Crippen LogP contribution in [0, 0.1) is 0 Å². The van der Waals surface area contributed by atoms with E-state index in [1.165, 1.54) is 6.92 Å². The molecule has 0 aromatic heterocycles. The number of hydrogen-bond donors (Lipinski definition) is 0. The van der Waals surface area contributed by atoms with Crippen LogP contribution in [0.2, 0.25) is 0 Å². The van der Waals surface area contributed by atoms with Gasteiger partial charge in [-0.2, -0.15) is 0 Å². The van der Waals surface area contributed by atoms with Gasteiger partial charge in [-0.3, -0.25) is 9.59 Å².